The van der Waals surface area contributed by atoms with Crippen LogP contribution in [0.3, 0.4) is 0 Å². The minimum Gasteiger partial charge on any atom is -0.468 e. The summed E-state index contributed by atoms with van der Waals surface area (Å²) in [7, 11) is -4.22. The van der Waals surface area contributed by atoms with Crippen molar-refractivity contribution in [1.82, 2.24) is 4.31 Å². The molecule has 0 spiro atoms. The molecule has 8 heteroatoms. The third kappa shape index (κ3) is 3.50. The summed E-state index contributed by atoms with van der Waals surface area (Å²) in [5.74, 6) is -1.70. The molecular weight excluding hydrogens is 314 g/mol. The van der Waals surface area contributed by atoms with Crippen LogP contribution in [0.1, 0.15) is 12.2 Å². The maximum Gasteiger partial charge on any atom is 0.246 e. The maximum absolute atomic E-state index is 13.8. The molecule has 0 N–H and O–H groups in total. The molecule has 0 bridgehead atoms. The predicted octanol–water partition coefficient (Wildman–Crippen LogP) is 2.66. The van der Waals surface area contributed by atoms with Gasteiger partial charge >= 0.3 is 0 Å². The van der Waals surface area contributed by atoms with Crippen LogP contribution in [0, 0.1) is 23.0 Å². The normalized spacial score (nSPS) is 11.5. The first-order valence-electron chi connectivity index (χ1n) is 6.29. The molecule has 0 amide bonds. The number of sulfonamides is 1. The lowest BCUT2D eigenvalue weighted by molar-refractivity contribution is 0.366. The monoisotopic (exact) mass is 326 g/mol. The van der Waals surface area contributed by atoms with Gasteiger partial charge in [0.25, 0.3) is 0 Å². The van der Waals surface area contributed by atoms with Crippen LogP contribution in [-0.2, 0) is 16.6 Å². The second-order valence-electron chi connectivity index (χ2n) is 4.40. The predicted molar refractivity (Wildman–Crippen MR) is 72.9 cm³/mol. The highest BCUT2D eigenvalue weighted by Crippen LogP contribution is 2.22. The summed E-state index contributed by atoms with van der Waals surface area (Å²) in [6.07, 6.45) is 1.31. The molecule has 0 saturated heterocycles. The van der Waals surface area contributed by atoms with E-state index in [-0.39, 0.29) is 19.5 Å². The lowest BCUT2D eigenvalue weighted by Crippen LogP contribution is -2.32. The van der Waals surface area contributed by atoms with E-state index in [1.54, 1.807) is 12.1 Å². The van der Waals surface area contributed by atoms with Gasteiger partial charge in [-0.05, 0) is 24.3 Å². The van der Waals surface area contributed by atoms with E-state index in [4.69, 9.17) is 9.68 Å². The van der Waals surface area contributed by atoms with Crippen LogP contribution >= 0.6 is 0 Å². The van der Waals surface area contributed by atoms with E-state index in [9.17, 15) is 17.2 Å². The van der Waals surface area contributed by atoms with Crippen molar-refractivity contribution in [3.8, 4) is 6.07 Å². The molecule has 1 aromatic carbocycles. The third-order valence-electron chi connectivity index (χ3n) is 2.90. The molecule has 0 unspecified atom stereocenters. The maximum atomic E-state index is 13.8. The average molecular weight is 326 g/mol. The van der Waals surface area contributed by atoms with Gasteiger partial charge in [0.1, 0.15) is 22.3 Å². The second kappa shape index (κ2) is 6.68. The SMILES string of the molecule is N#CCCN(Cc1ccco1)S(=O)(=O)c1ccc(F)cc1F. The highest BCUT2D eigenvalue weighted by atomic mass is 32.2. The minimum absolute atomic E-state index is 0.0667. The summed E-state index contributed by atoms with van der Waals surface area (Å²) in [5, 5.41) is 8.65. The number of hydrogen-bond donors (Lipinski definition) is 0. The Morgan fingerprint density at radius 1 is 1.27 bits per heavy atom. The van der Waals surface area contributed by atoms with Crippen LogP contribution in [0.4, 0.5) is 8.78 Å². The van der Waals surface area contributed by atoms with Gasteiger partial charge in [-0.3, -0.25) is 0 Å². The van der Waals surface area contributed by atoms with Gasteiger partial charge in [-0.25, -0.2) is 17.2 Å². The van der Waals surface area contributed by atoms with Crippen LogP contribution in [0.2, 0.25) is 0 Å². The molecule has 0 saturated carbocycles. The first-order valence-corrected chi connectivity index (χ1v) is 7.73. The highest BCUT2D eigenvalue weighted by molar-refractivity contribution is 7.89. The zero-order chi connectivity index (χ0) is 16.2. The van der Waals surface area contributed by atoms with Crippen LogP contribution in [0.5, 0.6) is 0 Å². The highest BCUT2D eigenvalue weighted by Gasteiger charge is 2.28. The number of hydrogen-bond acceptors (Lipinski definition) is 4. The third-order valence-corrected chi connectivity index (χ3v) is 4.78. The number of rotatable bonds is 6. The Morgan fingerprint density at radius 2 is 2.05 bits per heavy atom. The fourth-order valence-electron chi connectivity index (χ4n) is 1.86. The van der Waals surface area contributed by atoms with E-state index < -0.39 is 26.6 Å². The molecule has 116 valence electrons. The Balaban J connectivity index is 2.37. The molecule has 5 nitrogen and oxygen atoms in total. The standard InChI is InChI=1S/C14H12F2N2O3S/c15-11-4-5-14(13(16)9-11)22(19,20)18(7-2-6-17)10-12-3-1-8-21-12/h1,3-5,8-9H,2,7,10H2. The Bertz CT molecular complexity index is 783. The number of halogens is 2. The minimum atomic E-state index is -4.22. The Morgan fingerprint density at radius 3 is 2.64 bits per heavy atom. The fraction of sp³-hybridized carbons (Fsp3) is 0.214. The fourth-order valence-corrected chi connectivity index (χ4v) is 3.31. The van der Waals surface area contributed by atoms with Crippen molar-refractivity contribution in [2.24, 2.45) is 0 Å². The molecule has 0 aliphatic heterocycles. The van der Waals surface area contributed by atoms with Gasteiger partial charge in [0.05, 0.1) is 18.9 Å². The van der Waals surface area contributed by atoms with E-state index >= 15 is 0 Å². The average Bonchev–Trinajstić information content (AvgIpc) is 2.95. The lowest BCUT2D eigenvalue weighted by atomic mass is 10.3. The van der Waals surface area contributed by atoms with Crippen molar-refractivity contribution >= 4 is 10.0 Å². The number of nitriles is 1. The smallest absolute Gasteiger partial charge is 0.246 e. The molecular formula is C14H12F2N2O3S. The Labute approximate surface area is 126 Å². The van der Waals surface area contributed by atoms with Gasteiger partial charge in [-0.15, -0.1) is 0 Å². The van der Waals surface area contributed by atoms with E-state index in [1.807, 2.05) is 6.07 Å². The van der Waals surface area contributed by atoms with Crippen LogP contribution in [-0.4, -0.2) is 19.3 Å². The van der Waals surface area contributed by atoms with Gasteiger partial charge in [0.2, 0.25) is 10.0 Å². The topological polar surface area (TPSA) is 74.3 Å². The summed E-state index contributed by atoms with van der Waals surface area (Å²) < 4.78 is 57.7. The summed E-state index contributed by atoms with van der Waals surface area (Å²) in [6.45, 7) is -0.274. The van der Waals surface area contributed by atoms with Crippen molar-refractivity contribution in [2.75, 3.05) is 6.54 Å². The quantitative estimate of drug-likeness (QED) is 0.818. The molecule has 0 fully saturated rings. The van der Waals surface area contributed by atoms with Crippen molar-refractivity contribution in [3.05, 3.63) is 54.0 Å². The molecule has 0 aliphatic rings. The van der Waals surface area contributed by atoms with Crippen molar-refractivity contribution < 1.29 is 21.6 Å². The van der Waals surface area contributed by atoms with Gasteiger partial charge in [0.15, 0.2) is 0 Å². The molecule has 1 aromatic heterocycles. The first kappa shape index (κ1) is 16.1. The summed E-state index contributed by atoms with van der Waals surface area (Å²) in [6, 6.07) is 7.22. The Kier molecular flexibility index (Phi) is 4.90. The molecule has 2 aromatic rings. The van der Waals surface area contributed by atoms with E-state index in [0.29, 0.717) is 11.8 Å². The molecule has 0 radical (unpaired) electrons. The van der Waals surface area contributed by atoms with Gasteiger partial charge in [-0.2, -0.15) is 9.57 Å². The van der Waals surface area contributed by atoms with Gasteiger partial charge < -0.3 is 4.42 Å². The molecule has 0 atom stereocenters. The van der Waals surface area contributed by atoms with Crippen molar-refractivity contribution in [1.29, 1.82) is 5.26 Å². The van der Waals surface area contributed by atoms with Crippen LogP contribution < -0.4 is 0 Å². The van der Waals surface area contributed by atoms with E-state index in [1.165, 1.54) is 6.26 Å². The number of benzene rings is 1. The van der Waals surface area contributed by atoms with E-state index in [2.05, 4.69) is 0 Å². The number of furan rings is 1. The number of nitrogens with zero attached hydrogens (tertiary/aromatic N) is 2. The van der Waals surface area contributed by atoms with E-state index in [0.717, 1.165) is 16.4 Å². The summed E-state index contributed by atoms with van der Waals surface area (Å²) >= 11 is 0. The molecule has 1 heterocycles. The molecule has 0 aliphatic carbocycles. The zero-order valence-corrected chi connectivity index (χ0v) is 12.2. The molecule has 22 heavy (non-hydrogen) atoms. The zero-order valence-electron chi connectivity index (χ0n) is 11.4. The lowest BCUT2D eigenvalue weighted by Gasteiger charge is -2.20. The van der Waals surface area contributed by atoms with Crippen LogP contribution in [0.25, 0.3) is 0 Å². The summed E-state index contributed by atoms with van der Waals surface area (Å²) in [5.41, 5.74) is 0. The van der Waals surface area contributed by atoms with Gasteiger partial charge in [0, 0.05) is 19.0 Å². The largest absolute Gasteiger partial charge is 0.468 e. The van der Waals surface area contributed by atoms with Crippen molar-refractivity contribution in [2.45, 2.75) is 17.9 Å². The van der Waals surface area contributed by atoms with Gasteiger partial charge in [-0.1, -0.05) is 0 Å². The van der Waals surface area contributed by atoms with Crippen LogP contribution in [0.15, 0.2) is 45.9 Å². The molecule has 2 rings (SSSR count). The summed E-state index contributed by atoms with van der Waals surface area (Å²) in [4.78, 5) is -0.640. The second-order valence-corrected chi connectivity index (χ2v) is 6.31. The first-order chi connectivity index (χ1) is 10.4. The van der Waals surface area contributed by atoms with Crippen molar-refractivity contribution in [3.63, 3.8) is 0 Å². The Hall–Kier alpha value is -2.24.